The molecule has 2 heterocycles. The van der Waals surface area contributed by atoms with Gasteiger partial charge in [0.15, 0.2) is 6.61 Å². The first-order chi connectivity index (χ1) is 15.9. The van der Waals surface area contributed by atoms with Crippen molar-refractivity contribution < 1.29 is 19.6 Å². The van der Waals surface area contributed by atoms with Gasteiger partial charge in [-0.3, -0.25) is 19.8 Å². The average Bonchev–Trinajstić information content (AvgIpc) is 3.25. The minimum Gasteiger partial charge on any atom is -0.482 e. The Morgan fingerprint density at radius 1 is 1.33 bits per heavy atom. The van der Waals surface area contributed by atoms with Crippen LogP contribution in [-0.2, 0) is 11.2 Å². The van der Waals surface area contributed by atoms with Gasteiger partial charge in [0, 0.05) is 39.3 Å². The second-order valence-electron chi connectivity index (χ2n) is 8.65. The number of nitrogens with one attached hydrogen (secondary N) is 1. The Morgan fingerprint density at radius 3 is 2.82 bits per heavy atom. The van der Waals surface area contributed by atoms with Gasteiger partial charge in [0.1, 0.15) is 5.75 Å². The number of rotatable bonds is 8. The van der Waals surface area contributed by atoms with Crippen molar-refractivity contribution >= 4 is 17.3 Å². The third-order valence-electron chi connectivity index (χ3n) is 6.43. The number of hydrogen-bond donors (Lipinski definition) is 2. The average molecular weight is 455 g/mol. The van der Waals surface area contributed by atoms with Crippen molar-refractivity contribution in [3.63, 3.8) is 0 Å². The van der Waals surface area contributed by atoms with E-state index in [1.54, 1.807) is 18.0 Å². The van der Waals surface area contributed by atoms with Crippen molar-refractivity contribution in [2.24, 2.45) is 0 Å². The maximum Gasteiger partial charge on any atom is 0.274 e. The molecule has 2 aliphatic heterocycles. The van der Waals surface area contributed by atoms with Crippen LogP contribution >= 0.6 is 0 Å². The zero-order valence-electron chi connectivity index (χ0n) is 18.8. The van der Waals surface area contributed by atoms with Gasteiger partial charge in [-0.05, 0) is 30.9 Å². The predicted octanol–water partition coefficient (Wildman–Crippen LogP) is 2.60. The summed E-state index contributed by atoms with van der Waals surface area (Å²) >= 11 is 0. The molecule has 0 aliphatic carbocycles. The van der Waals surface area contributed by atoms with Gasteiger partial charge >= 0.3 is 0 Å². The molecule has 2 aromatic carbocycles. The standard InChI is InChI=1S/C24H30N4O5/c1-26(21(17-6-3-2-4-7-17)15-27-13-11-18(29)14-27)23(30)16-33-22-10-9-20(28(31)32)19-8-5-12-25-24(19)22/h2-4,6-7,9-10,18,21,25,29H,5,8,11-16H2,1H3/t18-,21?/m0/s1. The number of aliphatic hydroxyl groups is 1. The Hall–Kier alpha value is -3.17. The monoisotopic (exact) mass is 454 g/mol. The molecule has 0 bridgehead atoms. The second-order valence-corrected chi connectivity index (χ2v) is 8.65. The van der Waals surface area contributed by atoms with Crippen LogP contribution in [0.5, 0.6) is 5.75 Å². The molecular formula is C24H30N4O5. The number of nitro groups is 1. The topological polar surface area (TPSA) is 108 Å². The molecule has 0 saturated carbocycles. The summed E-state index contributed by atoms with van der Waals surface area (Å²) in [5, 5.41) is 24.5. The van der Waals surface area contributed by atoms with E-state index < -0.39 is 0 Å². The van der Waals surface area contributed by atoms with Crippen molar-refractivity contribution in [2.75, 3.05) is 45.2 Å². The maximum atomic E-state index is 13.1. The Bertz CT molecular complexity index is 1000. The molecule has 1 fully saturated rings. The van der Waals surface area contributed by atoms with E-state index in [9.17, 15) is 20.0 Å². The predicted molar refractivity (Wildman–Crippen MR) is 124 cm³/mol. The Balaban J connectivity index is 1.48. The third-order valence-corrected chi connectivity index (χ3v) is 6.43. The van der Waals surface area contributed by atoms with Crippen LogP contribution in [-0.4, -0.2) is 71.7 Å². The van der Waals surface area contributed by atoms with Crippen LogP contribution in [0, 0.1) is 10.1 Å². The van der Waals surface area contributed by atoms with Crippen molar-refractivity contribution in [3.05, 3.63) is 63.7 Å². The van der Waals surface area contributed by atoms with Crippen LogP contribution in [0.3, 0.4) is 0 Å². The fraction of sp³-hybridized carbons (Fsp3) is 0.458. The van der Waals surface area contributed by atoms with Crippen molar-refractivity contribution in [1.82, 2.24) is 9.80 Å². The number of likely N-dealkylation sites (tertiary alicyclic amines) is 1. The number of nitro benzene ring substituents is 1. The smallest absolute Gasteiger partial charge is 0.274 e. The first kappa shape index (κ1) is 23.0. The fourth-order valence-electron chi connectivity index (χ4n) is 4.60. The van der Waals surface area contributed by atoms with Gasteiger partial charge < -0.3 is 20.1 Å². The molecule has 0 aromatic heterocycles. The van der Waals surface area contributed by atoms with Crippen LogP contribution in [0.1, 0.15) is 30.0 Å². The van der Waals surface area contributed by atoms with Crippen LogP contribution in [0.25, 0.3) is 0 Å². The zero-order valence-corrected chi connectivity index (χ0v) is 18.8. The lowest BCUT2D eigenvalue weighted by Gasteiger charge is -2.32. The fourth-order valence-corrected chi connectivity index (χ4v) is 4.60. The molecule has 1 saturated heterocycles. The molecule has 1 amide bonds. The SMILES string of the molecule is CN(C(=O)COc1ccc([N+](=O)[O-])c2c1NCCC2)C(CN1CC[C@H](O)C1)c1ccccc1. The maximum absolute atomic E-state index is 13.1. The molecule has 2 atom stereocenters. The lowest BCUT2D eigenvalue weighted by atomic mass is 10.0. The number of amides is 1. The van der Waals surface area contributed by atoms with Crippen LogP contribution in [0.15, 0.2) is 42.5 Å². The molecular weight excluding hydrogens is 424 g/mol. The minimum absolute atomic E-state index is 0.0740. The van der Waals surface area contributed by atoms with Gasteiger partial charge in [0.25, 0.3) is 11.6 Å². The highest BCUT2D eigenvalue weighted by Gasteiger charge is 2.29. The molecule has 33 heavy (non-hydrogen) atoms. The number of likely N-dealkylation sites (N-methyl/N-ethyl adjacent to an activating group) is 1. The summed E-state index contributed by atoms with van der Waals surface area (Å²) in [6.07, 6.45) is 1.82. The van der Waals surface area contributed by atoms with E-state index in [4.69, 9.17) is 4.74 Å². The molecule has 2 aliphatic rings. The summed E-state index contributed by atoms with van der Waals surface area (Å²) < 4.78 is 5.87. The molecule has 176 valence electrons. The van der Waals surface area contributed by atoms with Crippen LogP contribution in [0.2, 0.25) is 0 Å². The molecule has 0 spiro atoms. The summed E-state index contributed by atoms with van der Waals surface area (Å²) in [6.45, 7) is 2.55. The van der Waals surface area contributed by atoms with E-state index in [0.717, 1.165) is 24.9 Å². The molecule has 9 heteroatoms. The minimum atomic E-state index is -0.381. The number of anilines is 1. The summed E-state index contributed by atoms with van der Waals surface area (Å²) in [6, 6.07) is 12.7. The van der Waals surface area contributed by atoms with Crippen molar-refractivity contribution in [3.8, 4) is 5.75 Å². The lowest BCUT2D eigenvalue weighted by Crippen LogP contribution is -2.41. The van der Waals surface area contributed by atoms with E-state index in [1.807, 2.05) is 30.3 Å². The molecule has 2 N–H and O–H groups in total. The molecule has 9 nitrogen and oxygen atoms in total. The van der Waals surface area contributed by atoms with E-state index in [0.29, 0.717) is 43.1 Å². The Morgan fingerprint density at radius 2 is 2.12 bits per heavy atom. The van der Waals surface area contributed by atoms with Gasteiger partial charge in [-0.2, -0.15) is 0 Å². The summed E-state index contributed by atoms with van der Waals surface area (Å²) in [5.74, 6) is 0.266. The molecule has 1 unspecified atom stereocenters. The van der Waals surface area contributed by atoms with Gasteiger partial charge in [0.2, 0.25) is 0 Å². The first-order valence-corrected chi connectivity index (χ1v) is 11.3. The number of carbonyl (C=O) groups excluding carboxylic acids is 1. The third kappa shape index (κ3) is 5.26. The Labute approximate surface area is 193 Å². The lowest BCUT2D eigenvalue weighted by molar-refractivity contribution is -0.385. The number of ether oxygens (including phenoxy) is 1. The Kier molecular flexibility index (Phi) is 7.10. The summed E-state index contributed by atoms with van der Waals surface area (Å²) in [7, 11) is 1.76. The number of carbonyl (C=O) groups is 1. The van der Waals surface area contributed by atoms with Crippen LogP contribution in [0.4, 0.5) is 11.4 Å². The molecule has 4 rings (SSSR count). The van der Waals surface area contributed by atoms with E-state index in [-0.39, 0.29) is 35.3 Å². The van der Waals surface area contributed by atoms with Gasteiger partial charge in [-0.15, -0.1) is 0 Å². The zero-order chi connectivity index (χ0) is 23.4. The number of hydrogen-bond acceptors (Lipinski definition) is 7. The van der Waals surface area contributed by atoms with Gasteiger partial charge in [-0.25, -0.2) is 0 Å². The highest BCUT2D eigenvalue weighted by Crippen LogP contribution is 2.38. The summed E-state index contributed by atoms with van der Waals surface area (Å²) in [5.41, 5.74) is 2.32. The van der Waals surface area contributed by atoms with E-state index in [2.05, 4.69) is 10.2 Å². The normalized spacial score (nSPS) is 18.8. The highest BCUT2D eigenvalue weighted by atomic mass is 16.6. The van der Waals surface area contributed by atoms with Gasteiger partial charge in [0.05, 0.1) is 28.3 Å². The molecule has 2 aromatic rings. The van der Waals surface area contributed by atoms with E-state index in [1.165, 1.54) is 6.07 Å². The van der Waals surface area contributed by atoms with Crippen molar-refractivity contribution in [1.29, 1.82) is 0 Å². The number of benzene rings is 2. The quantitative estimate of drug-likeness (QED) is 0.466. The number of aliphatic hydroxyl groups excluding tert-OH is 1. The van der Waals surface area contributed by atoms with Crippen molar-refractivity contribution in [2.45, 2.75) is 31.4 Å². The number of fused-ring (bicyclic) bond motifs is 1. The first-order valence-electron chi connectivity index (χ1n) is 11.3. The largest absolute Gasteiger partial charge is 0.482 e. The number of β-amino-alcohol motifs (C(OH)–C–C–N with tert-alkyl or cyclic N) is 1. The highest BCUT2D eigenvalue weighted by molar-refractivity contribution is 5.79. The summed E-state index contributed by atoms with van der Waals surface area (Å²) in [4.78, 5) is 28.0. The van der Waals surface area contributed by atoms with Gasteiger partial charge in [-0.1, -0.05) is 30.3 Å². The second kappa shape index (κ2) is 10.2. The number of nitrogens with zero attached hydrogens (tertiary/aromatic N) is 3. The van der Waals surface area contributed by atoms with Crippen LogP contribution < -0.4 is 10.1 Å². The molecule has 0 radical (unpaired) electrons. The van der Waals surface area contributed by atoms with E-state index >= 15 is 0 Å².